The van der Waals surface area contributed by atoms with Crippen molar-refractivity contribution in [2.75, 3.05) is 24.5 Å². The van der Waals surface area contributed by atoms with Crippen molar-refractivity contribution >= 4 is 11.6 Å². The summed E-state index contributed by atoms with van der Waals surface area (Å²) in [6.07, 6.45) is 2.14. The number of carbonyl (C=O) groups excluding carboxylic acids is 1. The van der Waals surface area contributed by atoms with Crippen molar-refractivity contribution < 1.29 is 9.53 Å². The summed E-state index contributed by atoms with van der Waals surface area (Å²) in [4.78, 5) is 15.5. The van der Waals surface area contributed by atoms with Crippen molar-refractivity contribution in [3.05, 3.63) is 30.3 Å². The van der Waals surface area contributed by atoms with Crippen LogP contribution in [-0.4, -0.2) is 42.6 Å². The molecule has 0 radical (unpaired) electrons. The molecule has 1 saturated heterocycles. The van der Waals surface area contributed by atoms with Gasteiger partial charge >= 0.3 is 0 Å². The highest BCUT2D eigenvalue weighted by Gasteiger charge is 2.26. The molecule has 5 nitrogen and oxygen atoms in total. The largest absolute Gasteiger partial charge is 0.372 e. The van der Waals surface area contributed by atoms with Gasteiger partial charge in [-0.25, -0.2) is 0 Å². The number of ether oxygens (including phenoxy) is 1. The van der Waals surface area contributed by atoms with Crippen molar-refractivity contribution in [2.24, 2.45) is 0 Å². The Morgan fingerprint density at radius 2 is 1.95 bits per heavy atom. The van der Waals surface area contributed by atoms with Gasteiger partial charge in [-0.1, -0.05) is 18.2 Å². The smallest absolute Gasteiger partial charge is 0.243 e. The molecule has 1 amide bonds. The molecular formula is C15H19N3O2. The van der Waals surface area contributed by atoms with Gasteiger partial charge in [0.25, 0.3) is 0 Å². The Labute approximate surface area is 119 Å². The van der Waals surface area contributed by atoms with Crippen LogP contribution >= 0.6 is 0 Å². The van der Waals surface area contributed by atoms with Crippen molar-refractivity contribution in [2.45, 2.75) is 26.1 Å². The third-order valence-corrected chi connectivity index (χ3v) is 3.25. The lowest BCUT2D eigenvalue weighted by molar-refractivity contribution is -0.141. The molecule has 1 fully saturated rings. The Morgan fingerprint density at radius 3 is 2.50 bits per heavy atom. The summed E-state index contributed by atoms with van der Waals surface area (Å²) in [6.45, 7) is 5.14. The van der Waals surface area contributed by atoms with Gasteiger partial charge in [0.15, 0.2) is 6.19 Å². The quantitative estimate of drug-likeness (QED) is 0.620. The number of nitriles is 1. The molecule has 0 saturated carbocycles. The molecule has 0 aliphatic carbocycles. The fourth-order valence-corrected chi connectivity index (χ4v) is 2.41. The minimum atomic E-state index is -0.0441. The van der Waals surface area contributed by atoms with Gasteiger partial charge in [0.05, 0.1) is 17.9 Å². The lowest BCUT2D eigenvalue weighted by Gasteiger charge is -2.35. The number of benzene rings is 1. The second-order valence-electron chi connectivity index (χ2n) is 5.08. The molecule has 0 bridgehead atoms. The van der Waals surface area contributed by atoms with Gasteiger partial charge in [-0.3, -0.25) is 9.69 Å². The molecule has 1 aromatic rings. The van der Waals surface area contributed by atoms with Crippen molar-refractivity contribution in [3.63, 3.8) is 0 Å². The Morgan fingerprint density at radius 1 is 1.35 bits per heavy atom. The van der Waals surface area contributed by atoms with Crippen LogP contribution in [0.1, 0.15) is 13.8 Å². The third kappa shape index (κ3) is 3.49. The first-order chi connectivity index (χ1) is 9.60. The molecule has 20 heavy (non-hydrogen) atoms. The number of hydrogen-bond donors (Lipinski definition) is 0. The maximum absolute atomic E-state index is 12.3. The second-order valence-corrected chi connectivity index (χ2v) is 5.08. The van der Waals surface area contributed by atoms with E-state index in [0.29, 0.717) is 13.1 Å². The summed E-state index contributed by atoms with van der Waals surface area (Å²) >= 11 is 0. The third-order valence-electron chi connectivity index (χ3n) is 3.25. The molecule has 0 spiro atoms. The van der Waals surface area contributed by atoms with Crippen molar-refractivity contribution in [1.29, 1.82) is 5.26 Å². The van der Waals surface area contributed by atoms with Crippen LogP contribution in [0.2, 0.25) is 0 Å². The van der Waals surface area contributed by atoms with E-state index < -0.39 is 0 Å². The van der Waals surface area contributed by atoms with E-state index in [-0.39, 0.29) is 24.7 Å². The zero-order valence-corrected chi connectivity index (χ0v) is 11.8. The van der Waals surface area contributed by atoms with E-state index >= 15 is 0 Å². The first kappa shape index (κ1) is 14.4. The van der Waals surface area contributed by atoms with Gasteiger partial charge < -0.3 is 9.64 Å². The van der Waals surface area contributed by atoms with Crippen LogP contribution in [0.25, 0.3) is 0 Å². The van der Waals surface area contributed by atoms with E-state index in [0.717, 1.165) is 5.69 Å². The minimum absolute atomic E-state index is 0.0370. The first-order valence-corrected chi connectivity index (χ1v) is 6.75. The van der Waals surface area contributed by atoms with E-state index in [1.54, 1.807) is 4.90 Å². The molecule has 1 aromatic carbocycles. The fraction of sp³-hybridized carbons (Fsp3) is 0.467. The standard InChI is InChI=1S/C15H19N3O2/c1-12-8-17(9-13(2)20-12)15(19)10-18(11-16)14-6-4-3-5-7-14/h3-7,12-13H,8-10H2,1-2H3/t12-,13-/m0/s1. The number of morpholine rings is 1. The van der Waals surface area contributed by atoms with E-state index in [4.69, 9.17) is 4.74 Å². The van der Waals surface area contributed by atoms with Gasteiger partial charge in [-0.15, -0.1) is 0 Å². The fourth-order valence-electron chi connectivity index (χ4n) is 2.41. The Balaban J connectivity index is 2.01. The average molecular weight is 273 g/mol. The minimum Gasteiger partial charge on any atom is -0.372 e. The van der Waals surface area contributed by atoms with E-state index in [1.807, 2.05) is 44.2 Å². The lowest BCUT2D eigenvalue weighted by Crippen LogP contribution is -2.50. The number of rotatable bonds is 3. The number of amides is 1. The van der Waals surface area contributed by atoms with Crippen LogP contribution in [-0.2, 0) is 9.53 Å². The predicted octanol–water partition coefficient (Wildman–Crippen LogP) is 1.61. The van der Waals surface area contributed by atoms with Crippen molar-refractivity contribution in [1.82, 2.24) is 4.90 Å². The highest BCUT2D eigenvalue weighted by atomic mass is 16.5. The molecule has 0 N–H and O–H groups in total. The average Bonchev–Trinajstić information content (AvgIpc) is 2.44. The van der Waals surface area contributed by atoms with E-state index in [9.17, 15) is 10.1 Å². The van der Waals surface area contributed by atoms with E-state index in [1.165, 1.54) is 4.90 Å². The molecule has 1 aliphatic rings. The number of nitrogens with zero attached hydrogens (tertiary/aromatic N) is 3. The molecular weight excluding hydrogens is 254 g/mol. The van der Waals surface area contributed by atoms with Gasteiger partial charge in [0.2, 0.25) is 5.91 Å². The van der Waals surface area contributed by atoms with Gasteiger partial charge in [-0.05, 0) is 26.0 Å². The normalized spacial score (nSPS) is 22.1. The Bertz CT molecular complexity index is 488. The molecule has 1 aliphatic heterocycles. The Kier molecular flexibility index (Phi) is 4.59. The topological polar surface area (TPSA) is 56.6 Å². The lowest BCUT2D eigenvalue weighted by atomic mass is 10.2. The summed E-state index contributed by atoms with van der Waals surface area (Å²) in [5.74, 6) is -0.0441. The summed E-state index contributed by atoms with van der Waals surface area (Å²) in [5, 5.41) is 9.21. The maximum Gasteiger partial charge on any atom is 0.243 e. The van der Waals surface area contributed by atoms with Crippen LogP contribution in [0.5, 0.6) is 0 Å². The highest BCUT2D eigenvalue weighted by molar-refractivity contribution is 5.82. The number of para-hydroxylation sites is 1. The SMILES string of the molecule is C[C@H]1CN(C(=O)CN(C#N)c2ccccc2)C[C@H](C)O1. The van der Waals surface area contributed by atoms with Crippen LogP contribution in [0, 0.1) is 11.5 Å². The first-order valence-electron chi connectivity index (χ1n) is 6.75. The van der Waals surface area contributed by atoms with Crippen LogP contribution in [0.15, 0.2) is 30.3 Å². The molecule has 2 atom stereocenters. The summed E-state index contributed by atoms with van der Waals surface area (Å²) in [6, 6.07) is 9.22. The van der Waals surface area contributed by atoms with Gasteiger partial charge in [0, 0.05) is 13.1 Å². The molecule has 5 heteroatoms. The number of carbonyl (C=O) groups is 1. The molecule has 106 valence electrons. The second kappa shape index (κ2) is 6.40. The number of hydrogen-bond acceptors (Lipinski definition) is 4. The monoisotopic (exact) mass is 273 g/mol. The molecule has 1 heterocycles. The van der Waals surface area contributed by atoms with Crippen LogP contribution in [0.4, 0.5) is 5.69 Å². The molecule has 0 unspecified atom stereocenters. The molecule has 2 rings (SSSR count). The highest BCUT2D eigenvalue weighted by Crippen LogP contribution is 2.14. The zero-order chi connectivity index (χ0) is 14.5. The Hall–Kier alpha value is -2.06. The predicted molar refractivity (Wildman–Crippen MR) is 76.0 cm³/mol. The van der Waals surface area contributed by atoms with Gasteiger partial charge in [-0.2, -0.15) is 5.26 Å². The maximum atomic E-state index is 12.3. The van der Waals surface area contributed by atoms with Crippen molar-refractivity contribution in [3.8, 4) is 6.19 Å². The summed E-state index contributed by atoms with van der Waals surface area (Å²) < 4.78 is 5.61. The number of anilines is 1. The zero-order valence-electron chi connectivity index (χ0n) is 11.8. The van der Waals surface area contributed by atoms with Gasteiger partial charge in [0.1, 0.15) is 6.54 Å². The van der Waals surface area contributed by atoms with Crippen LogP contribution < -0.4 is 4.90 Å². The summed E-state index contributed by atoms with van der Waals surface area (Å²) in [7, 11) is 0. The molecule has 0 aromatic heterocycles. The van der Waals surface area contributed by atoms with Crippen LogP contribution in [0.3, 0.4) is 0 Å². The summed E-state index contributed by atoms with van der Waals surface area (Å²) in [5.41, 5.74) is 0.734. The van der Waals surface area contributed by atoms with E-state index in [2.05, 4.69) is 6.19 Å².